The molecule has 19 heavy (non-hydrogen) atoms. The predicted molar refractivity (Wildman–Crippen MR) is 82.2 cm³/mol. The standard InChI is InChI=1S/C13H14BrNO2S2/c1-19(16,17)11-5-2-9(3-6-11)12(15)8-10-4-7-13(14)18-10/h2-7,12H,8,15H2,1H3. The number of hydrogen-bond donors (Lipinski definition) is 1. The Labute approximate surface area is 125 Å². The molecule has 1 unspecified atom stereocenters. The first kappa shape index (κ1) is 14.7. The summed E-state index contributed by atoms with van der Waals surface area (Å²) >= 11 is 5.08. The van der Waals surface area contributed by atoms with Gasteiger partial charge in [0.1, 0.15) is 0 Å². The van der Waals surface area contributed by atoms with Crippen LogP contribution in [-0.4, -0.2) is 14.7 Å². The van der Waals surface area contributed by atoms with E-state index in [-0.39, 0.29) is 6.04 Å². The second-order valence-electron chi connectivity index (χ2n) is 4.36. The molecule has 2 rings (SSSR count). The van der Waals surface area contributed by atoms with E-state index >= 15 is 0 Å². The first-order valence-electron chi connectivity index (χ1n) is 5.66. The third-order valence-electron chi connectivity index (χ3n) is 2.79. The highest BCUT2D eigenvalue weighted by atomic mass is 79.9. The maximum Gasteiger partial charge on any atom is 0.175 e. The molecule has 102 valence electrons. The van der Waals surface area contributed by atoms with Gasteiger partial charge in [-0.15, -0.1) is 11.3 Å². The normalized spacial score (nSPS) is 13.4. The van der Waals surface area contributed by atoms with Crippen LogP contribution in [0, 0.1) is 0 Å². The molecule has 1 aromatic carbocycles. The number of rotatable bonds is 4. The van der Waals surface area contributed by atoms with Gasteiger partial charge in [-0.3, -0.25) is 0 Å². The van der Waals surface area contributed by atoms with Crippen molar-refractivity contribution in [2.75, 3.05) is 6.26 Å². The molecule has 2 aromatic rings. The molecule has 1 heterocycles. The monoisotopic (exact) mass is 359 g/mol. The van der Waals surface area contributed by atoms with Gasteiger partial charge in [-0.2, -0.15) is 0 Å². The van der Waals surface area contributed by atoms with Crippen LogP contribution in [0.3, 0.4) is 0 Å². The van der Waals surface area contributed by atoms with Crippen LogP contribution in [-0.2, 0) is 16.3 Å². The highest BCUT2D eigenvalue weighted by molar-refractivity contribution is 9.11. The van der Waals surface area contributed by atoms with Crippen molar-refractivity contribution in [1.29, 1.82) is 0 Å². The Morgan fingerprint density at radius 1 is 1.21 bits per heavy atom. The minimum absolute atomic E-state index is 0.126. The molecule has 0 spiro atoms. The van der Waals surface area contributed by atoms with Gasteiger partial charge in [0.2, 0.25) is 0 Å². The van der Waals surface area contributed by atoms with Crippen molar-refractivity contribution >= 4 is 37.1 Å². The molecule has 3 nitrogen and oxygen atoms in total. The van der Waals surface area contributed by atoms with Crippen LogP contribution in [0.15, 0.2) is 45.1 Å². The van der Waals surface area contributed by atoms with Crippen molar-refractivity contribution < 1.29 is 8.42 Å². The molecule has 0 aliphatic rings. The third-order valence-corrected chi connectivity index (χ3v) is 5.56. The lowest BCUT2D eigenvalue weighted by Crippen LogP contribution is -2.12. The van der Waals surface area contributed by atoms with Gasteiger partial charge in [-0.25, -0.2) is 8.42 Å². The summed E-state index contributed by atoms with van der Waals surface area (Å²) in [6.07, 6.45) is 1.94. The van der Waals surface area contributed by atoms with E-state index in [9.17, 15) is 8.42 Å². The second-order valence-corrected chi connectivity index (χ2v) is 8.92. The Morgan fingerprint density at radius 3 is 2.32 bits per heavy atom. The summed E-state index contributed by atoms with van der Waals surface area (Å²) in [5, 5.41) is 0. The van der Waals surface area contributed by atoms with E-state index in [1.54, 1.807) is 35.6 Å². The van der Waals surface area contributed by atoms with E-state index in [1.807, 2.05) is 12.1 Å². The molecule has 0 radical (unpaired) electrons. The van der Waals surface area contributed by atoms with E-state index < -0.39 is 9.84 Å². The number of benzene rings is 1. The van der Waals surface area contributed by atoms with Crippen molar-refractivity contribution in [3.8, 4) is 0 Å². The van der Waals surface area contributed by atoms with Gasteiger partial charge in [0.25, 0.3) is 0 Å². The van der Waals surface area contributed by atoms with Gasteiger partial charge in [-0.05, 0) is 45.8 Å². The zero-order valence-electron chi connectivity index (χ0n) is 10.3. The van der Waals surface area contributed by atoms with Crippen molar-refractivity contribution in [2.45, 2.75) is 17.4 Å². The lowest BCUT2D eigenvalue weighted by molar-refractivity contribution is 0.601. The Balaban J connectivity index is 2.14. The molecule has 0 amide bonds. The molecule has 0 saturated heterocycles. The van der Waals surface area contributed by atoms with Gasteiger partial charge in [0.15, 0.2) is 9.84 Å². The third kappa shape index (κ3) is 3.89. The fraction of sp³-hybridized carbons (Fsp3) is 0.231. The fourth-order valence-corrected chi connectivity index (χ4v) is 3.93. The lowest BCUT2D eigenvalue weighted by Gasteiger charge is -2.11. The smallest absolute Gasteiger partial charge is 0.175 e. The van der Waals surface area contributed by atoms with Gasteiger partial charge in [0, 0.05) is 23.6 Å². The fourth-order valence-electron chi connectivity index (χ4n) is 1.76. The Morgan fingerprint density at radius 2 is 1.84 bits per heavy atom. The van der Waals surface area contributed by atoms with Crippen LogP contribution < -0.4 is 5.73 Å². The maximum absolute atomic E-state index is 11.4. The highest BCUT2D eigenvalue weighted by Gasteiger charge is 2.11. The number of nitrogens with two attached hydrogens (primary N) is 1. The molecule has 2 N–H and O–H groups in total. The van der Waals surface area contributed by atoms with Crippen LogP contribution in [0.1, 0.15) is 16.5 Å². The summed E-state index contributed by atoms with van der Waals surface area (Å²) in [5.41, 5.74) is 7.08. The van der Waals surface area contributed by atoms with E-state index in [0.29, 0.717) is 4.90 Å². The Kier molecular flexibility index (Phi) is 4.45. The van der Waals surface area contributed by atoms with Crippen molar-refractivity contribution in [1.82, 2.24) is 0 Å². The van der Waals surface area contributed by atoms with Gasteiger partial charge < -0.3 is 5.73 Å². The van der Waals surface area contributed by atoms with Crippen LogP contribution >= 0.6 is 27.3 Å². The average molecular weight is 360 g/mol. The van der Waals surface area contributed by atoms with Crippen molar-refractivity contribution in [3.05, 3.63) is 50.6 Å². The summed E-state index contributed by atoms with van der Waals surface area (Å²) in [5.74, 6) is 0. The van der Waals surface area contributed by atoms with E-state index in [0.717, 1.165) is 15.8 Å². The summed E-state index contributed by atoms with van der Waals surface area (Å²) in [6.45, 7) is 0. The van der Waals surface area contributed by atoms with Crippen LogP contribution in [0.4, 0.5) is 0 Å². The number of halogens is 1. The second kappa shape index (κ2) is 5.75. The Hall–Kier alpha value is -0.690. The molecule has 0 aliphatic heterocycles. The van der Waals surface area contributed by atoms with Crippen LogP contribution in [0.25, 0.3) is 0 Å². The molecule has 1 atom stereocenters. The molecule has 1 aromatic heterocycles. The van der Waals surface area contributed by atoms with Crippen molar-refractivity contribution in [2.24, 2.45) is 5.73 Å². The molecule has 0 saturated carbocycles. The first-order valence-corrected chi connectivity index (χ1v) is 9.16. The summed E-state index contributed by atoms with van der Waals surface area (Å²) in [6, 6.07) is 10.7. The minimum atomic E-state index is -3.15. The summed E-state index contributed by atoms with van der Waals surface area (Å²) in [4.78, 5) is 1.52. The summed E-state index contributed by atoms with van der Waals surface area (Å²) in [7, 11) is -3.15. The van der Waals surface area contributed by atoms with Gasteiger partial charge in [0.05, 0.1) is 8.68 Å². The maximum atomic E-state index is 11.4. The molecule has 0 aliphatic carbocycles. The van der Waals surface area contributed by atoms with Gasteiger partial charge >= 0.3 is 0 Å². The molecule has 0 fully saturated rings. The van der Waals surface area contributed by atoms with E-state index in [4.69, 9.17) is 5.73 Å². The molecular weight excluding hydrogens is 346 g/mol. The van der Waals surface area contributed by atoms with Gasteiger partial charge in [-0.1, -0.05) is 12.1 Å². The number of sulfone groups is 1. The average Bonchev–Trinajstić information content (AvgIpc) is 2.74. The minimum Gasteiger partial charge on any atom is -0.324 e. The van der Waals surface area contributed by atoms with Crippen LogP contribution in [0.5, 0.6) is 0 Å². The molecular formula is C13H14BrNO2S2. The van der Waals surface area contributed by atoms with E-state index in [2.05, 4.69) is 15.9 Å². The predicted octanol–water partition coefficient (Wildman–Crippen LogP) is 3.16. The first-order chi connectivity index (χ1) is 8.86. The molecule has 6 heteroatoms. The number of thiophene rings is 1. The topological polar surface area (TPSA) is 60.2 Å². The highest BCUT2D eigenvalue weighted by Crippen LogP contribution is 2.26. The lowest BCUT2D eigenvalue weighted by atomic mass is 10.0. The van der Waals surface area contributed by atoms with Crippen molar-refractivity contribution in [3.63, 3.8) is 0 Å². The summed E-state index contributed by atoms with van der Waals surface area (Å²) < 4.78 is 23.8. The zero-order valence-corrected chi connectivity index (χ0v) is 13.6. The van der Waals surface area contributed by atoms with Crippen LogP contribution in [0.2, 0.25) is 0 Å². The SMILES string of the molecule is CS(=O)(=O)c1ccc(C(N)Cc2ccc(Br)s2)cc1. The number of hydrogen-bond acceptors (Lipinski definition) is 4. The quantitative estimate of drug-likeness (QED) is 0.911. The molecule has 0 bridgehead atoms. The van der Waals surface area contributed by atoms with E-state index in [1.165, 1.54) is 11.1 Å². The largest absolute Gasteiger partial charge is 0.324 e. The zero-order chi connectivity index (χ0) is 14.0. The Bertz CT molecular complexity index is 662.